The number of nitrogens with one attached hydrogen (secondary N) is 2. The smallest absolute Gasteiger partial charge is 0.282 e. The fourth-order valence-corrected chi connectivity index (χ4v) is 5.12. The maximum absolute atomic E-state index is 13.6. The van der Waals surface area contributed by atoms with Crippen LogP contribution in [-0.2, 0) is 0 Å². The van der Waals surface area contributed by atoms with Gasteiger partial charge in [-0.05, 0) is 37.1 Å². The Bertz CT molecular complexity index is 1710. The first-order valence-electron chi connectivity index (χ1n) is 11.5. The van der Waals surface area contributed by atoms with E-state index in [4.69, 9.17) is 10.1 Å². The standard InChI is InChI=1S/C25H21N9O/c35-25-20-9-5-11-33(20)31-23(34(25)17-6-2-1-3-7-17)19-8-4-10-32(19)24-21-18(16-12-29-30-13-16)14-26-22(21)27-15-28-24/h1-3,5-7,9,11-15,19H,4,8,10H2,(H,29,30)(H,26,27,28)/t19-/m0/s1. The maximum atomic E-state index is 13.6. The molecule has 1 saturated heterocycles. The van der Waals surface area contributed by atoms with E-state index in [9.17, 15) is 4.79 Å². The quantitative estimate of drug-likeness (QED) is 0.414. The lowest BCUT2D eigenvalue weighted by Gasteiger charge is -2.28. The van der Waals surface area contributed by atoms with Crippen molar-refractivity contribution in [1.29, 1.82) is 0 Å². The molecule has 6 heterocycles. The van der Waals surface area contributed by atoms with E-state index in [2.05, 4.69) is 25.1 Å². The van der Waals surface area contributed by atoms with Crippen molar-refractivity contribution >= 4 is 22.4 Å². The Labute approximate surface area is 198 Å². The number of benzene rings is 1. The summed E-state index contributed by atoms with van der Waals surface area (Å²) < 4.78 is 3.42. The lowest BCUT2D eigenvalue weighted by atomic mass is 10.1. The minimum atomic E-state index is -0.139. The van der Waals surface area contributed by atoms with Crippen LogP contribution in [0.3, 0.4) is 0 Å². The number of nitrogens with zero attached hydrogens (tertiary/aromatic N) is 7. The summed E-state index contributed by atoms with van der Waals surface area (Å²) in [5.41, 5.74) is 3.93. The van der Waals surface area contributed by atoms with Gasteiger partial charge in [0.05, 0.1) is 23.3 Å². The zero-order chi connectivity index (χ0) is 23.4. The van der Waals surface area contributed by atoms with Crippen molar-refractivity contribution in [3.63, 3.8) is 0 Å². The highest BCUT2D eigenvalue weighted by atomic mass is 16.1. The fraction of sp³-hybridized carbons (Fsp3) is 0.160. The van der Waals surface area contributed by atoms with Crippen molar-refractivity contribution in [2.45, 2.75) is 18.9 Å². The molecule has 0 amide bonds. The maximum Gasteiger partial charge on any atom is 0.282 e. The number of aromatic nitrogens is 8. The van der Waals surface area contributed by atoms with E-state index in [-0.39, 0.29) is 11.6 Å². The summed E-state index contributed by atoms with van der Waals surface area (Å²) in [5, 5.41) is 12.9. The summed E-state index contributed by atoms with van der Waals surface area (Å²) in [4.78, 5) is 28.3. The minimum Gasteiger partial charge on any atom is -0.346 e. The largest absolute Gasteiger partial charge is 0.346 e. The van der Waals surface area contributed by atoms with Crippen LogP contribution >= 0.6 is 0 Å². The predicted molar refractivity (Wildman–Crippen MR) is 132 cm³/mol. The Kier molecular flexibility index (Phi) is 4.31. The third-order valence-electron chi connectivity index (χ3n) is 6.69. The van der Waals surface area contributed by atoms with Crippen LogP contribution in [0.2, 0.25) is 0 Å². The third kappa shape index (κ3) is 2.99. The van der Waals surface area contributed by atoms with Crippen LogP contribution in [0.5, 0.6) is 0 Å². The Morgan fingerprint density at radius 2 is 1.94 bits per heavy atom. The Morgan fingerprint density at radius 3 is 2.80 bits per heavy atom. The van der Waals surface area contributed by atoms with E-state index in [0.29, 0.717) is 11.3 Å². The number of hydrogen-bond donors (Lipinski definition) is 2. The molecule has 35 heavy (non-hydrogen) atoms. The number of rotatable bonds is 4. The van der Waals surface area contributed by atoms with Crippen molar-refractivity contribution in [1.82, 2.24) is 39.3 Å². The van der Waals surface area contributed by atoms with Crippen molar-refractivity contribution < 1.29 is 0 Å². The monoisotopic (exact) mass is 463 g/mol. The molecule has 10 heteroatoms. The summed E-state index contributed by atoms with van der Waals surface area (Å²) in [6.07, 6.45) is 10.8. The second-order valence-electron chi connectivity index (χ2n) is 8.63. The van der Waals surface area contributed by atoms with Gasteiger partial charge in [0, 0.05) is 36.3 Å². The fourth-order valence-electron chi connectivity index (χ4n) is 5.12. The van der Waals surface area contributed by atoms with Crippen molar-refractivity contribution in [2.24, 2.45) is 0 Å². The third-order valence-corrected chi connectivity index (χ3v) is 6.69. The van der Waals surface area contributed by atoms with Crippen molar-refractivity contribution in [3.05, 3.63) is 89.8 Å². The molecular weight excluding hydrogens is 442 g/mol. The topological polar surface area (TPSA) is 113 Å². The normalized spacial score (nSPS) is 16.0. The molecule has 2 N–H and O–H groups in total. The molecule has 1 fully saturated rings. The number of aromatic amines is 2. The molecule has 7 rings (SSSR count). The highest BCUT2D eigenvalue weighted by Gasteiger charge is 2.34. The zero-order valence-electron chi connectivity index (χ0n) is 18.7. The highest BCUT2D eigenvalue weighted by Crippen LogP contribution is 2.40. The van der Waals surface area contributed by atoms with Gasteiger partial charge in [0.1, 0.15) is 23.3 Å². The van der Waals surface area contributed by atoms with E-state index in [0.717, 1.165) is 53.1 Å². The van der Waals surface area contributed by atoms with Crippen LogP contribution < -0.4 is 10.5 Å². The Morgan fingerprint density at radius 1 is 1.03 bits per heavy atom. The van der Waals surface area contributed by atoms with Gasteiger partial charge in [-0.3, -0.25) is 14.5 Å². The van der Waals surface area contributed by atoms with Crippen LogP contribution in [0, 0.1) is 0 Å². The molecule has 0 saturated carbocycles. The molecule has 1 aromatic carbocycles. The molecule has 6 aromatic rings. The van der Waals surface area contributed by atoms with Crippen LogP contribution in [0.25, 0.3) is 33.4 Å². The summed E-state index contributed by atoms with van der Waals surface area (Å²) in [6, 6.07) is 13.2. The average Bonchev–Trinajstić information content (AvgIpc) is 3.69. The summed E-state index contributed by atoms with van der Waals surface area (Å²) in [5.74, 6) is 1.51. The molecule has 10 nitrogen and oxygen atoms in total. The minimum absolute atomic E-state index is 0.0911. The van der Waals surface area contributed by atoms with E-state index < -0.39 is 0 Å². The van der Waals surface area contributed by atoms with E-state index in [1.165, 1.54) is 0 Å². The van der Waals surface area contributed by atoms with Gasteiger partial charge >= 0.3 is 0 Å². The van der Waals surface area contributed by atoms with E-state index in [1.54, 1.807) is 27.7 Å². The molecule has 1 aliphatic heterocycles. The zero-order valence-corrected chi connectivity index (χ0v) is 18.7. The van der Waals surface area contributed by atoms with E-state index >= 15 is 0 Å². The molecular formula is C25H21N9O. The number of anilines is 1. The number of hydrogen-bond acceptors (Lipinski definition) is 6. The van der Waals surface area contributed by atoms with Crippen molar-refractivity contribution in [2.75, 3.05) is 11.4 Å². The number of H-pyrrole nitrogens is 2. The Balaban J connectivity index is 1.45. The van der Waals surface area contributed by atoms with Crippen molar-refractivity contribution in [3.8, 4) is 16.8 Å². The molecule has 0 aliphatic carbocycles. The molecule has 0 bridgehead atoms. The predicted octanol–water partition coefficient (Wildman–Crippen LogP) is 3.49. The van der Waals surface area contributed by atoms with Crippen LogP contribution in [0.15, 0.2) is 78.4 Å². The van der Waals surface area contributed by atoms with Gasteiger partial charge in [0.15, 0.2) is 5.82 Å². The molecule has 1 aliphatic rings. The van der Waals surface area contributed by atoms with Gasteiger partial charge in [-0.2, -0.15) is 10.2 Å². The summed E-state index contributed by atoms with van der Waals surface area (Å²) in [7, 11) is 0. The first-order valence-corrected chi connectivity index (χ1v) is 11.5. The average molecular weight is 464 g/mol. The summed E-state index contributed by atoms with van der Waals surface area (Å²) in [6.45, 7) is 0.793. The van der Waals surface area contributed by atoms with Gasteiger partial charge in [-0.1, -0.05) is 18.2 Å². The van der Waals surface area contributed by atoms with Gasteiger partial charge in [-0.25, -0.2) is 14.5 Å². The second-order valence-corrected chi connectivity index (χ2v) is 8.63. The van der Waals surface area contributed by atoms with Crippen LogP contribution in [-0.4, -0.2) is 45.9 Å². The Hall–Kier alpha value is -4.73. The second kappa shape index (κ2) is 7.66. The van der Waals surface area contributed by atoms with Gasteiger partial charge in [0.2, 0.25) is 0 Å². The first kappa shape index (κ1) is 19.7. The molecule has 5 aromatic heterocycles. The van der Waals surface area contributed by atoms with Gasteiger partial charge in [-0.15, -0.1) is 0 Å². The molecule has 0 radical (unpaired) electrons. The number of fused-ring (bicyclic) bond motifs is 2. The van der Waals surface area contributed by atoms with Crippen LogP contribution in [0.1, 0.15) is 24.7 Å². The highest BCUT2D eigenvalue weighted by molar-refractivity contribution is 6.01. The molecule has 172 valence electrons. The first-order chi connectivity index (χ1) is 17.3. The van der Waals surface area contributed by atoms with Gasteiger partial charge in [0.25, 0.3) is 5.56 Å². The summed E-state index contributed by atoms with van der Waals surface area (Å²) >= 11 is 0. The number of para-hydroxylation sites is 1. The van der Waals surface area contributed by atoms with Gasteiger partial charge < -0.3 is 9.88 Å². The van der Waals surface area contributed by atoms with Crippen LogP contribution in [0.4, 0.5) is 5.82 Å². The molecule has 0 unspecified atom stereocenters. The lowest BCUT2D eigenvalue weighted by Crippen LogP contribution is -2.33. The molecule has 1 atom stereocenters. The lowest BCUT2D eigenvalue weighted by molar-refractivity contribution is 0.602. The SMILES string of the molecule is O=c1c2cccn2nc([C@@H]2CCCN2c2ncnc3[nH]cc(-c4cn[nH]c4)c23)n1-c1ccccc1. The van der Waals surface area contributed by atoms with E-state index in [1.807, 2.05) is 55.0 Å². The molecule has 0 spiro atoms.